The highest BCUT2D eigenvalue weighted by Gasteiger charge is 2.45. The molecule has 7 nitrogen and oxygen atoms in total. The van der Waals surface area contributed by atoms with Crippen molar-refractivity contribution in [3.63, 3.8) is 0 Å². The van der Waals surface area contributed by atoms with Crippen molar-refractivity contribution >= 4 is 45.3 Å². The van der Waals surface area contributed by atoms with Crippen molar-refractivity contribution < 1.29 is 23.1 Å². The van der Waals surface area contributed by atoms with Crippen LogP contribution < -0.4 is 0 Å². The fourth-order valence-corrected chi connectivity index (χ4v) is 6.49. The number of hydrogen-bond acceptors (Lipinski definition) is 5. The van der Waals surface area contributed by atoms with Crippen molar-refractivity contribution in [2.45, 2.75) is 35.4 Å². The summed E-state index contributed by atoms with van der Waals surface area (Å²) in [4.78, 5) is 26.2. The molecule has 0 spiro atoms. The molecule has 3 atom stereocenters. The number of carboxylic acid groups (broad SMARTS) is 1. The monoisotopic (exact) mass is 448 g/mol. The number of nitrogens with zero attached hydrogens (tertiary/aromatic N) is 2. The lowest BCUT2D eigenvalue weighted by atomic mass is 9.97. The van der Waals surface area contributed by atoms with E-state index in [0.29, 0.717) is 25.8 Å². The molecule has 0 radical (unpaired) electrons. The third-order valence-corrected chi connectivity index (χ3v) is 8.17. The van der Waals surface area contributed by atoms with Crippen LogP contribution in [0.25, 0.3) is 10.8 Å². The molecule has 1 amide bonds. The van der Waals surface area contributed by atoms with E-state index in [4.69, 9.17) is 0 Å². The van der Waals surface area contributed by atoms with Crippen molar-refractivity contribution in [3.05, 3.63) is 42.5 Å². The first-order chi connectivity index (χ1) is 14.3. The van der Waals surface area contributed by atoms with E-state index in [1.807, 2.05) is 24.3 Å². The van der Waals surface area contributed by atoms with Gasteiger partial charge in [-0.15, -0.1) is 0 Å². The second-order valence-electron chi connectivity index (χ2n) is 7.95. The van der Waals surface area contributed by atoms with E-state index in [0.717, 1.165) is 10.8 Å². The largest absolute Gasteiger partial charge is 0.481 e. The Balaban J connectivity index is 1.62. The molecule has 2 saturated heterocycles. The topological polar surface area (TPSA) is 95.0 Å². The molecule has 160 valence electrons. The fraction of sp³-hybridized carbons (Fsp3) is 0.429. The number of benzene rings is 2. The highest BCUT2D eigenvalue weighted by molar-refractivity contribution is 7.89. The van der Waals surface area contributed by atoms with Crippen LogP contribution >= 0.6 is 12.6 Å². The van der Waals surface area contributed by atoms with Crippen LogP contribution in [0, 0.1) is 5.92 Å². The average molecular weight is 449 g/mol. The van der Waals surface area contributed by atoms with Gasteiger partial charge in [-0.1, -0.05) is 30.3 Å². The van der Waals surface area contributed by atoms with E-state index in [-0.39, 0.29) is 29.1 Å². The summed E-state index contributed by atoms with van der Waals surface area (Å²) >= 11 is 4.45. The van der Waals surface area contributed by atoms with Gasteiger partial charge in [0, 0.05) is 24.9 Å². The number of likely N-dealkylation sites (tertiary alicyclic amines) is 1. The first-order valence-corrected chi connectivity index (χ1v) is 11.9. The summed E-state index contributed by atoms with van der Waals surface area (Å²) in [6.45, 7) is 0.705. The highest BCUT2D eigenvalue weighted by Crippen LogP contribution is 2.32. The van der Waals surface area contributed by atoms with E-state index in [1.54, 1.807) is 18.2 Å². The summed E-state index contributed by atoms with van der Waals surface area (Å²) in [6.07, 6.45) is 1.43. The molecule has 1 unspecified atom stereocenters. The summed E-state index contributed by atoms with van der Waals surface area (Å²) < 4.78 is 28.1. The molecular formula is C21H24N2O5S2. The lowest BCUT2D eigenvalue weighted by molar-refractivity contribution is -0.146. The number of thiol groups is 1. The number of carbonyl (C=O) groups is 2. The third kappa shape index (κ3) is 3.93. The van der Waals surface area contributed by atoms with Gasteiger partial charge < -0.3 is 10.0 Å². The number of piperidine rings is 1. The number of carbonyl (C=O) groups excluding carboxylic acids is 1. The minimum atomic E-state index is -3.91. The summed E-state index contributed by atoms with van der Waals surface area (Å²) in [6, 6.07) is 11.6. The van der Waals surface area contributed by atoms with Gasteiger partial charge in [-0.2, -0.15) is 16.9 Å². The number of hydrogen-bond donors (Lipinski definition) is 2. The van der Waals surface area contributed by atoms with Gasteiger partial charge in [0.2, 0.25) is 15.9 Å². The van der Waals surface area contributed by atoms with Crippen molar-refractivity contribution in [1.82, 2.24) is 9.21 Å². The Morgan fingerprint density at radius 3 is 2.53 bits per heavy atom. The minimum absolute atomic E-state index is 0.117. The SMILES string of the molecule is O=C(O)C1CCCN(C(=O)[C@@H]2C[C@H](S)CN2S(=O)(=O)c2ccc3ccccc3c2)C1. The van der Waals surface area contributed by atoms with Crippen LogP contribution in [0.1, 0.15) is 19.3 Å². The number of carboxylic acids is 1. The van der Waals surface area contributed by atoms with Gasteiger partial charge >= 0.3 is 5.97 Å². The second kappa shape index (κ2) is 8.20. The van der Waals surface area contributed by atoms with Gasteiger partial charge in [0.25, 0.3) is 0 Å². The molecule has 0 bridgehead atoms. The van der Waals surface area contributed by atoms with Crippen molar-refractivity contribution in [2.75, 3.05) is 19.6 Å². The maximum absolute atomic E-state index is 13.4. The zero-order chi connectivity index (χ0) is 21.5. The molecule has 9 heteroatoms. The molecule has 0 aliphatic carbocycles. The maximum Gasteiger partial charge on any atom is 0.308 e. The summed E-state index contributed by atoms with van der Waals surface area (Å²) in [7, 11) is -3.91. The van der Waals surface area contributed by atoms with Crippen LogP contribution in [0.3, 0.4) is 0 Å². The average Bonchev–Trinajstić information content (AvgIpc) is 3.15. The number of aliphatic carboxylic acids is 1. The number of fused-ring (bicyclic) bond motifs is 1. The Morgan fingerprint density at radius 2 is 1.80 bits per heavy atom. The Bertz CT molecular complexity index is 1090. The number of sulfonamides is 1. The number of amides is 1. The molecule has 2 aromatic rings. The van der Waals surface area contributed by atoms with Gasteiger partial charge in [0.15, 0.2) is 0 Å². The lowest BCUT2D eigenvalue weighted by Gasteiger charge is -2.34. The normalized spacial score (nSPS) is 25.5. The van der Waals surface area contributed by atoms with Gasteiger partial charge in [0.1, 0.15) is 6.04 Å². The van der Waals surface area contributed by atoms with Gasteiger partial charge in [0.05, 0.1) is 10.8 Å². The molecule has 0 aromatic heterocycles. The van der Waals surface area contributed by atoms with Crippen molar-refractivity contribution in [1.29, 1.82) is 0 Å². The summed E-state index contributed by atoms with van der Waals surface area (Å²) in [5.74, 6) is -1.87. The summed E-state index contributed by atoms with van der Waals surface area (Å²) in [5, 5.41) is 10.8. The molecule has 0 saturated carbocycles. The predicted octanol–water partition coefficient (Wildman–Crippen LogP) is 2.22. The van der Waals surface area contributed by atoms with Crippen LogP contribution in [0.2, 0.25) is 0 Å². The van der Waals surface area contributed by atoms with Crippen LogP contribution in [0.5, 0.6) is 0 Å². The van der Waals surface area contributed by atoms with Crippen LogP contribution in [-0.4, -0.2) is 65.5 Å². The van der Waals surface area contributed by atoms with Crippen LogP contribution in [0.15, 0.2) is 47.4 Å². The quantitative estimate of drug-likeness (QED) is 0.700. The van der Waals surface area contributed by atoms with Gasteiger partial charge in [-0.05, 0) is 42.2 Å². The molecular weight excluding hydrogens is 424 g/mol. The summed E-state index contributed by atoms with van der Waals surface area (Å²) in [5.41, 5.74) is 0. The van der Waals surface area contributed by atoms with Crippen molar-refractivity contribution in [2.24, 2.45) is 5.92 Å². The number of rotatable bonds is 4. The molecule has 2 heterocycles. The highest BCUT2D eigenvalue weighted by atomic mass is 32.2. The van der Waals surface area contributed by atoms with Crippen molar-refractivity contribution in [3.8, 4) is 0 Å². The Morgan fingerprint density at radius 1 is 1.07 bits per heavy atom. The van der Waals surface area contributed by atoms with E-state index in [2.05, 4.69) is 12.6 Å². The van der Waals surface area contributed by atoms with E-state index in [1.165, 1.54) is 9.21 Å². The first kappa shape index (κ1) is 21.1. The Hall–Kier alpha value is -2.10. The van der Waals surface area contributed by atoms with E-state index in [9.17, 15) is 23.1 Å². The van der Waals surface area contributed by atoms with Gasteiger partial charge in [-0.25, -0.2) is 8.42 Å². The molecule has 2 aliphatic heterocycles. The lowest BCUT2D eigenvalue weighted by Crippen LogP contribution is -2.51. The third-order valence-electron chi connectivity index (χ3n) is 5.93. The predicted molar refractivity (Wildman–Crippen MR) is 116 cm³/mol. The molecule has 2 aliphatic rings. The maximum atomic E-state index is 13.4. The molecule has 1 N–H and O–H groups in total. The Kier molecular flexibility index (Phi) is 5.78. The zero-order valence-electron chi connectivity index (χ0n) is 16.3. The fourth-order valence-electron chi connectivity index (χ4n) is 4.33. The van der Waals surface area contributed by atoms with Crippen LogP contribution in [0.4, 0.5) is 0 Å². The molecule has 2 fully saturated rings. The molecule has 4 rings (SSSR count). The zero-order valence-corrected chi connectivity index (χ0v) is 18.1. The van der Waals surface area contributed by atoms with Crippen LogP contribution in [-0.2, 0) is 19.6 Å². The standard InChI is InChI=1S/C21H24N2O5S2/c24-20(22-9-3-6-16(12-22)21(25)26)19-11-17(29)13-23(19)30(27,28)18-8-7-14-4-1-2-5-15(14)10-18/h1-2,4-5,7-8,10,16-17,19,29H,3,6,9,11-13H2,(H,25,26)/t16?,17-,19-/m0/s1. The van der Waals surface area contributed by atoms with E-state index < -0.39 is 28.0 Å². The van der Waals surface area contributed by atoms with E-state index >= 15 is 0 Å². The second-order valence-corrected chi connectivity index (χ2v) is 10.6. The molecule has 30 heavy (non-hydrogen) atoms. The molecule has 2 aromatic carbocycles. The first-order valence-electron chi connectivity index (χ1n) is 9.97. The van der Waals surface area contributed by atoms with Gasteiger partial charge in [-0.3, -0.25) is 9.59 Å². The Labute approximate surface area is 181 Å². The minimum Gasteiger partial charge on any atom is -0.481 e. The smallest absolute Gasteiger partial charge is 0.308 e.